The van der Waals surface area contributed by atoms with Crippen LogP contribution in [0.5, 0.6) is 5.75 Å². The maximum absolute atomic E-state index is 11.6. The van der Waals surface area contributed by atoms with Gasteiger partial charge in [-0.1, -0.05) is 0 Å². The summed E-state index contributed by atoms with van der Waals surface area (Å²) in [5.74, 6) is -0.107. The lowest BCUT2D eigenvalue weighted by atomic mass is 10.0. The second-order valence-electron chi connectivity index (χ2n) is 3.27. The number of rotatable bonds is 2. The summed E-state index contributed by atoms with van der Waals surface area (Å²) in [7, 11) is 0. The van der Waals surface area contributed by atoms with E-state index in [0.717, 1.165) is 5.56 Å². The molecule has 0 amide bonds. The van der Waals surface area contributed by atoms with E-state index in [9.17, 15) is 9.90 Å². The molecule has 0 saturated heterocycles. The lowest BCUT2D eigenvalue weighted by Gasteiger charge is -2.09. The highest BCUT2D eigenvalue weighted by atomic mass is 79.9. The zero-order valence-corrected chi connectivity index (χ0v) is 9.63. The molecule has 0 spiro atoms. The summed E-state index contributed by atoms with van der Waals surface area (Å²) in [4.78, 5) is 11.6. The molecule has 1 unspecified atom stereocenters. The number of phenolic OH excluding ortho intramolecular Hbond substituents is 1. The highest BCUT2D eigenvalue weighted by Gasteiger charge is 2.15. The van der Waals surface area contributed by atoms with Crippen molar-refractivity contribution in [3.8, 4) is 5.75 Å². The first-order chi connectivity index (χ1) is 6.43. The molecular weight excluding hydrogens is 246 g/mol. The van der Waals surface area contributed by atoms with Gasteiger partial charge in [-0.3, -0.25) is 4.79 Å². The SMILES string of the molecule is Cc1cc(Br)c(O)cc1C(=O)C(C)N. The Balaban J connectivity index is 3.22. The maximum Gasteiger partial charge on any atom is 0.179 e. The minimum atomic E-state index is -0.547. The van der Waals surface area contributed by atoms with Crippen LogP contribution in [-0.2, 0) is 0 Å². The quantitative estimate of drug-likeness (QED) is 0.797. The van der Waals surface area contributed by atoms with Crippen LogP contribution in [0.3, 0.4) is 0 Å². The van der Waals surface area contributed by atoms with E-state index in [-0.39, 0.29) is 11.5 Å². The van der Waals surface area contributed by atoms with E-state index in [0.29, 0.717) is 10.0 Å². The Kier molecular flexibility index (Phi) is 3.29. The van der Waals surface area contributed by atoms with Crippen LogP contribution in [0.2, 0.25) is 0 Å². The van der Waals surface area contributed by atoms with E-state index < -0.39 is 6.04 Å². The Morgan fingerprint density at radius 1 is 1.57 bits per heavy atom. The van der Waals surface area contributed by atoms with Crippen molar-refractivity contribution in [3.63, 3.8) is 0 Å². The number of aromatic hydroxyl groups is 1. The third kappa shape index (κ3) is 2.13. The van der Waals surface area contributed by atoms with E-state index in [1.54, 1.807) is 19.9 Å². The van der Waals surface area contributed by atoms with Crippen LogP contribution in [0.4, 0.5) is 0 Å². The smallest absolute Gasteiger partial charge is 0.179 e. The second kappa shape index (κ2) is 4.11. The van der Waals surface area contributed by atoms with Crippen molar-refractivity contribution in [3.05, 3.63) is 27.7 Å². The standard InChI is InChI=1S/C10H12BrNO2/c1-5-3-8(11)9(13)4-7(5)10(14)6(2)12/h3-4,6,13H,12H2,1-2H3. The number of nitrogens with two attached hydrogens (primary N) is 1. The summed E-state index contributed by atoms with van der Waals surface area (Å²) in [6.45, 7) is 3.43. The van der Waals surface area contributed by atoms with Crippen molar-refractivity contribution in [1.82, 2.24) is 0 Å². The van der Waals surface area contributed by atoms with Crippen molar-refractivity contribution in [2.45, 2.75) is 19.9 Å². The molecular formula is C10H12BrNO2. The largest absolute Gasteiger partial charge is 0.507 e. The molecule has 14 heavy (non-hydrogen) atoms. The van der Waals surface area contributed by atoms with Crippen LogP contribution in [0.15, 0.2) is 16.6 Å². The van der Waals surface area contributed by atoms with E-state index in [2.05, 4.69) is 15.9 Å². The molecule has 0 bridgehead atoms. The highest BCUT2D eigenvalue weighted by molar-refractivity contribution is 9.10. The van der Waals surface area contributed by atoms with Gasteiger partial charge in [-0.2, -0.15) is 0 Å². The fourth-order valence-electron chi connectivity index (χ4n) is 1.17. The highest BCUT2D eigenvalue weighted by Crippen LogP contribution is 2.27. The molecule has 1 atom stereocenters. The van der Waals surface area contributed by atoms with Crippen LogP contribution in [0.1, 0.15) is 22.8 Å². The summed E-state index contributed by atoms with van der Waals surface area (Å²) in [5, 5.41) is 9.42. The molecule has 0 aliphatic rings. The summed E-state index contributed by atoms with van der Waals surface area (Å²) >= 11 is 3.17. The average Bonchev–Trinajstić information content (AvgIpc) is 2.10. The van der Waals surface area contributed by atoms with Crippen LogP contribution < -0.4 is 5.73 Å². The minimum Gasteiger partial charge on any atom is -0.507 e. The molecule has 3 nitrogen and oxygen atoms in total. The Bertz CT molecular complexity index is 375. The number of carbonyl (C=O) groups is 1. The molecule has 1 aromatic rings. The summed E-state index contributed by atoms with van der Waals surface area (Å²) in [6.07, 6.45) is 0. The minimum absolute atomic E-state index is 0.0552. The van der Waals surface area contributed by atoms with Crippen molar-refractivity contribution in [1.29, 1.82) is 0 Å². The molecule has 4 heteroatoms. The van der Waals surface area contributed by atoms with Gasteiger partial charge in [0, 0.05) is 5.56 Å². The maximum atomic E-state index is 11.6. The monoisotopic (exact) mass is 257 g/mol. The van der Waals surface area contributed by atoms with Crippen LogP contribution in [0, 0.1) is 6.92 Å². The number of halogens is 1. The van der Waals surface area contributed by atoms with Gasteiger partial charge >= 0.3 is 0 Å². The first-order valence-corrected chi connectivity index (χ1v) is 5.01. The van der Waals surface area contributed by atoms with Crippen LogP contribution >= 0.6 is 15.9 Å². The lowest BCUT2D eigenvalue weighted by Crippen LogP contribution is -2.27. The van der Waals surface area contributed by atoms with E-state index in [1.807, 2.05) is 0 Å². The Labute approximate surface area is 91.1 Å². The number of hydrogen-bond donors (Lipinski definition) is 2. The molecule has 0 heterocycles. The summed E-state index contributed by atoms with van der Waals surface area (Å²) in [5.41, 5.74) is 6.76. The predicted octanol–water partition coefficient (Wildman–Crippen LogP) is 1.99. The zero-order valence-electron chi connectivity index (χ0n) is 8.04. The van der Waals surface area contributed by atoms with E-state index >= 15 is 0 Å². The fraction of sp³-hybridized carbons (Fsp3) is 0.300. The topological polar surface area (TPSA) is 63.3 Å². The predicted molar refractivity (Wildman–Crippen MR) is 58.5 cm³/mol. The molecule has 3 N–H and O–H groups in total. The Morgan fingerprint density at radius 2 is 2.14 bits per heavy atom. The summed E-state index contributed by atoms with van der Waals surface area (Å²) < 4.78 is 0.580. The Morgan fingerprint density at radius 3 is 2.64 bits per heavy atom. The zero-order chi connectivity index (χ0) is 10.9. The number of carbonyl (C=O) groups excluding carboxylic acids is 1. The molecule has 0 fully saturated rings. The van der Waals surface area contributed by atoms with Gasteiger partial charge in [0.05, 0.1) is 10.5 Å². The number of aryl methyl sites for hydroxylation is 1. The molecule has 0 aliphatic carbocycles. The van der Waals surface area contributed by atoms with Gasteiger partial charge in [0.1, 0.15) is 5.75 Å². The van der Waals surface area contributed by atoms with Gasteiger partial charge in [-0.25, -0.2) is 0 Å². The molecule has 1 aromatic carbocycles. The van der Waals surface area contributed by atoms with Crippen LogP contribution in [0.25, 0.3) is 0 Å². The number of ketones is 1. The molecule has 0 saturated carbocycles. The van der Waals surface area contributed by atoms with Crippen LogP contribution in [-0.4, -0.2) is 16.9 Å². The number of phenols is 1. The van der Waals surface area contributed by atoms with Gasteiger partial charge in [-0.15, -0.1) is 0 Å². The van der Waals surface area contributed by atoms with Gasteiger partial charge in [-0.05, 0) is 47.5 Å². The van der Waals surface area contributed by atoms with Crippen molar-refractivity contribution in [2.24, 2.45) is 5.73 Å². The van der Waals surface area contributed by atoms with Gasteiger partial charge in [0.25, 0.3) is 0 Å². The van der Waals surface area contributed by atoms with E-state index in [4.69, 9.17) is 5.73 Å². The fourth-order valence-corrected chi connectivity index (χ4v) is 1.63. The average molecular weight is 258 g/mol. The number of benzene rings is 1. The molecule has 0 radical (unpaired) electrons. The Hall–Kier alpha value is -0.870. The first-order valence-electron chi connectivity index (χ1n) is 4.22. The van der Waals surface area contributed by atoms with Gasteiger partial charge < -0.3 is 10.8 Å². The number of hydrogen-bond acceptors (Lipinski definition) is 3. The molecule has 1 rings (SSSR count). The summed E-state index contributed by atoms with van der Waals surface area (Å²) in [6, 6.07) is 2.59. The van der Waals surface area contributed by atoms with Gasteiger partial charge in [0.15, 0.2) is 5.78 Å². The number of Topliss-reactive ketones (excluding diaryl/α,β-unsaturated/α-hetero) is 1. The van der Waals surface area contributed by atoms with Crippen molar-refractivity contribution in [2.75, 3.05) is 0 Å². The van der Waals surface area contributed by atoms with E-state index in [1.165, 1.54) is 6.07 Å². The normalized spacial score (nSPS) is 12.6. The van der Waals surface area contributed by atoms with Crippen molar-refractivity contribution < 1.29 is 9.90 Å². The van der Waals surface area contributed by atoms with Crippen molar-refractivity contribution >= 4 is 21.7 Å². The third-order valence-corrected chi connectivity index (χ3v) is 2.61. The molecule has 76 valence electrons. The second-order valence-corrected chi connectivity index (χ2v) is 4.13. The molecule has 0 aromatic heterocycles. The lowest BCUT2D eigenvalue weighted by molar-refractivity contribution is 0.0967. The third-order valence-electron chi connectivity index (χ3n) is 1.97. The molecule has 0 aliphatic heterocycles. The van der Waals surface area contributed by atoms with Gasteiger partial charge in [0.2, 0.25) is 0 Å². The first kappa shape index (κ1) is 11.2.